The lowest BCUT2D eigenvalue weighted by atomic mass is 10.1. The Morgan fingerprint density at radius 3 is 2.52 bits per heavy atom. The summed E-state index contributed by atoms with van der Waals surface area (Å²) in [6.45, 7) is 1.72. The normalized spacial score (nSPS) is 19.1. The van der Waals surface area contributed by atoms with Crippen LogP contribution in [0.4, 0.5) is 17.1 Å². The van der Waals surface area contributed by atoms with Crippen LogP contribution in [0.25, 0.3) is 21.9 Å². The van der Waals surface area contributed by atoms with Crippen molar-refractivity contribution in [2.45, 2.75) is 20.0 Å². The van der Waals surface area contributed by atoms with Gasteiger partial charge in [0.25, 0.3) is 0 Å². The van der Waals surface area contributed by atoms with E-state index in [1.165, 1.54) is 4.90 Å². The highest BCUT2D eigenvalue weighted by molar-refractivity contribution is 6.10. The van der Waals surface area contributed by atoms with Crippen molar-refractivity contribution in [2.75, 3.05) is 16.8 Å². The van der Waals surface area contributed by atoms with Crippen molar-refractivity contribution in [2.24, 2.45) is 0 Å². The highest BCUT2D eigenvalue weighted by Crippen LogP contribution is 2.47. The molecule has 1 unspecified atom stereocenters. The molecule has 3 aromatic carbocycles. The van der Waals surface area contributed by atoms with Crippen molar-refractivity contribution in [1.82, 2.24) is 0 Å². The maximum atomic E-state index is 8.06. The van der Waals surface area contributed by atoms with E-state index in [1.54, 1.807) is 0 Å². The summed E-state index contributed by atoms with van der Waals surface area (Å²) in [7, 11) is 0. The van der Waals surface area contributed by atoms with Gasteiger partial charge in [-0.3, -0.25) is 0 Å². The number of fused-ring (bicyclic) bond motifs is 4. The lowest BCUT2D eigenvalue weighted by molar-refractivity contribution is 0.661. The van der Waals surface area contributed by atoms with Crippen molar-refractivity contribution < 1.29 is 8.53 Å². The van der Waals surface area contributed by atoms with Crippen LogP contribution in [0.1, 0.15) is 16.6 Å². The third kappa shape index (κ3) is 1.86. The first-order chi connectivity index (χ1) is 13.4. The van der Waals surface area contributed by atoms with E-state index >= 15 is 0 Å². The molecular weight excluding hydrogens is 308 g/mol. The number of rotatable bonds is 1. The molecule has 3 nitrogen and oxygen atoms in total. The summed E-state index contributed by atoms with van der Waals surface area (Å²) in [6.07, 6.45) is -0.373. The van der Waals surface area contributed by atoms with Crippen LogP contribution in [0.5, 0.6) is 0 Å². The number of hydrogen-bond donors (Lipinski definition) is 0. The topological polar surface area (TPSA) is 19.6 Å². The van der Waals surface area contributed by atoms with E-state index in [2.05, 4.69) is 23.1 Å². The average Bonchev–Trinajstić information content (AvgIpc) is 3.16. The summed E-state index contributed by atoms with van der Waals surface area (Å²) in [5.41, 5.74) is 5.16. The Labute approximate surface area is 151 Å². The Bertz CT molecular complexity index is 1210. The fourth-order valence-electron chi connectivity index (χ4n) is 3.87. The summed E-state index contributed by atoms with van der Waals surface area (Å²) < 4.78 is 30.4. The summed E-state index contributed by atoms with van der Waals surface area (Å²) >= 11 is 0. The van der Waals surface area contributed by atoms with Gasteiger partial charge >= 0.3 is 0 Å². The van der Waals surface area contributed by atoms with Crippen LogP contribution in [0, 0.1) is 6.92 Å². The Morgan fingerprint density at radius 2 is 1.68 bits per heavy atom. The maximum Gasteiger partial charge on any atom is 0.159 e. The molecule has 0 N–H and O–H groups in total. The van der Waals surface area contributed by atoms with Crippen LogP contribution in [0.15, 0.2) is 65.1 Å². The lowest BCUT2D eigenvalue weighted by Crippen LogP contribution is -2.36. The van der Waals surface area contributed by atoms with Crippen LogP contribution >= 0.6 is 0 Å². The number of nitrogens with zero attached hydrogens (tertiary/aromatic N) is 2. The van der Waals surface area contributed by atoms with Gasteiger partial charge in [-0.05, 0) is 37.6 Å². The van der Waals surface area contributed by atoms with Gasteiger partial charge in [0.2, 0.25) is 0 Å². The molecule has 1 aromatic heterocycles. The Kier molecular flexibility index (Phi) is 2.33. The highest BCUT2D eigenvalue weighted by Gasteiger charge is 2.33. The van der Waals surface area contributed by atoms with Crippen molar-refractivity contribution in [1.29, 1.82) is 0 Å². The first-order valence-electron chi connectivity index (χ1n) is 9.96. The van der Waals surface area contributed by atoms with Gasteiger partial charge in [-0.2, -0.15) is 0 Å². The molecule has 0 aliphatic carbocycles. The van der Waals surface area contributed by atoms with Gasteiger partial charge in [0.15, 0.2) is 5.58 Å². The maximum absolute atomic E-state index is 8.06. The predicted octanol–water partition coefficient (Wildman–Crippen LogP) is 5.83. The first-order valence-corrected chi connectivity index (χ1v) is 8.46. The van der Waals surface area contributed by atoms with Gasteiger partial charge in [0, 0.05) is 21.9 Å². The third-order valence-electron chi connectivity index (χ3n) is 5.11. The van der Waals surface area contributed by atoms with E-state index in [9.17, 15) is 0 Å². The molecule has 1 aliphatic rings. The van der Waals surface area contributed by atoms with Crippen LogP contribution in [-0.2, 0) is 0 Å². The van der Waals surface area contributed by atoms with Crippen molar-refractivity contribution in [3.8, 4) is 0 Å². The first kappa shape index (κ1) is 11.6. The molecule has 5 rings (SSSR count). The minimum absolute atomic E-state index is 0.373. The summed E-state index contributed by atoms with van der Waals surface area (Å²) in [6, 6.07) is 19.8. The Hall–Kier alpha value is -2.94. The lowest BCUT2D eigenvalue weighted by Gasteiger charge is -2.29. The fraction of sp³-hybridized carbons (Fsp3) is 0.182. The quantitative estimate of drug-likeness (QED) is 0.437. The molecule has 25 heavy (non-hydrogen) atoms. The number of anilines is 3. The van der Waals surface area contributed by atoms with Crippen LogP contribution < -0.4 is 9.80 Å². The number of benzene rings is 3. The number of hydrogen-bond acceptors (Lipinski definition) is 3. The smallest absolute Gasteiger partial charge is 0.159 e. The summed E-state index contributed by atoms with van der Waals surface area (Å²) in [4.78, 5) is 3.59. The summed E-state index contributed by atoms with van der Waals surface area (Å²) in [5.74, 6) is 0. The molecule has 124 valence electrons. The van der Waals surface area contributed by atoms with Gasteiger partial charge in [0.1, 0.15) is 11.7 Å². The molecule has 0 radical (unpaired) electrons. The van der Waals surface area contributed by atoms with E-state index in [4.69, 9.17) is 8.53 Å². The number of para-hydroxylation sites is 3. The van der Waals surface area contributed by atoms with Gasteiger partial charge in [-0.1, -0.05) is 42.5 Å². The van der Waals surface area contributed by atoms with Crippen molar-refractivity contribution in [3.63, 3.8) is 0 Å². The standard InChI is InChI=1S/C22H20N2O/c1-14-12-13-17-16-8-4-7-11-20(16)25-22(17)21(14)24-15(2)23(3)18-9-5-6-10-19(18)24/h4-13,15H,1-3H3/i3D3. The number of furan rings is 1. The minimum Gasteiger partial charge on any atom is -0.454 e. The zero-order valence-corrected chi connectivity index (χ0v) is 14.2. The van der Waals surface area contributed by atoms with Crippen molar-refractivity contribution >= 4 is 39.0 Å². The Morgan fingerprint density at radius 1 is 0.920 bits per heavy atom. The molecule has 0 amide bonds. The molecule has 1 atom stereocenters. The Balaban J connectivity index is 1.82. The fourth-order valence-corrected chi connectivity index (χ4v) is 3.87. The molecule has 0 saturated carbocycles. The van der Waals surface area contributed by atoms with E-state index in [1.807, 2.05) is 56.3 Å². The second-order valence-corrected chi connectivity index (χ2v) is 6.57. The zero-order chi connectivity index (χ0) is 19.6. The number of aryl methyl sites for hydroxylation is 1. The molecule has 3 heteroatoms. The summed E-state index contributed by atoms with van der Waals surface area (Å²) in [5, 5.41) is 2.10. The van der Waals surface area contributed by atoms with Gasteiger partial charge in [-0.25, -0.2) is 0 Å². The third-order valence-corrected chi connectivity index (χ3v) is 5.11. The molecule has 4 aromatic rings. The van der Waals surface area contributed by atoms with Gasteiger partial charge in [0.05, 0.1) is 17.1 Å². The minimum atomic E-state index is -2.24. The largest absolute Gasteiger partial charge is 0.454 e. The van der Waals surface area contributed by atoms with Gasteiger partial charge in [-0.15, -0.1) is 0 Å². The molecule has 0 fully saturated rings. The molecule has 0 saturated heterocycles. The van der Waals surface area contributed by atoms with E-state index < -0.39 is 6.98 Å². The van der Waals surface area contributed by atoms with E-state index in [-0.39, 0.29) is 6.17 Å². The van der Waals surface area contributed by atoms with Gasteiger partial charge < -0.3 is 14.2 Å². The molecule has 0 bridgehead atoms. The molecule has 2 heterocycles. The zero-order valence-electron chi connectivity index (χ0n) is 17.2. The van der Waals surface area contributed by atoms with Crippen LogP contribution in [-0.4, -0.2) is 13.1 Å². The molecular formula is C22H20N2O. The van der Waals surface area contributed by atoms with Crippen molar-refractivity contribution in [3.05, 3.63) is 66.2 Å². The second-order valence-electron chi connectivity index (χ2n) is 6.57. The predicted molar refractivity (Wildman–Crippen MR) is 105 cm³/mol. The SMILES string of the molecule is [2H]C([2H])([2H])N1c2ccccc2N(c2c(C)ccc3c2oc2ccccc23)C1C. The van der Waals surface area contributed by atoms with E-state index in [0.717, 1.165) is 38.9 Å². The second kappa shape index (κ2) is 5.03. The molecule has 0 spiro atoms. The van der Waals surface area contributed by atoms with Crippen LogP contribution in [0.2, 0.25) is 0 Å². The highest BCUT2D eigenvalue weighted by atomic mass is 16.3. The molecule has 1 aliphatic heterocycles. The van der Waals surface area contributed by atoms with E-state index in [0.29, 0.717) is 5.69 Å². The monoisotopic (exact) mass is 331 g/mol. The van der Waals surface area contributed by atoms with Crippen LogP contribution in [0.3, 0.4) is 0 Å². The average molecular weight is 331 g/mol.